The minimum atomic E-state index is -4.57. The Morgan fingerprint density at radius 3 is 2.58 bits per heavy atom. The maximum Gasteiger partial charge on any atom is 0.416 e. The summed E-state index contributed by atoms with van der Waals surface area (Å²) in [5.41, 5.74) is -0.919. The molecule has 0 saturated heterocycles. The average Bonchev–Trinajstić information content (AvgIpc) is 3.28. The van der Waals surface area contributed by atoms with E-state index >= 15 is 0 Å². The molecule has 0 spiro atoms. The molecule has 26 heavy (non-hydrogen) atoms. The van der Waals surface area contributed by atoms with Gasteiger partial charge >= 0.3 is 12.1 Å². The van der Waals surface area contributed by atoms with Crippen LogP contribution >= 0.6 is 0 Å². The standard InChI is InChI=1S/C17H17F3N2O4/c1-8-5-11(8)16(25)26-9(2)15(24)22-7-14(23)21-12-6-10(17(18,19)20)3-4-13(12)22/h3-4,6,8-9,11H,5,7H2,1-2H3,(H,21,23)/t8-,9+,11+/m1/s1. The third-order valence-electron chi connectivity index (χ3n) is 4.51. The van der Waals surface area contributed by atoms with E-state index in [0.29, 0.717) is 6.42 Å². The van der Waals surface area contributed by atoms with Crippen LogP contribution in [0.25, 0.3) is 0 Å². The van der Waals surface area contributed by atoms with Crippen molar-refractivity contribution in [1.29, 1.82) is 0 Å². The molecule has 0 radical (unpaired) electrons. The van der Waals surface area contributed by atoms with Gasteiger partial charge in [0, 0.05) is 0 Å². The predicted molar refractivity (Wildman–Crippen MR) is 85.3 cm³/mol. The molecule has 1 fully saturated rings. The van der Waals surface area contributed by atoms with E-state index in [1.54, 1.807) is 0 Å². The van der Waals surface area contributed by atoms with Gasteiger partial charge in [0.15, 0.2) is 6.10 Å². The second kappa shape index (κ2) is 6.30. The fourth-order valence-corrected chi connectivity index (χ4v) is 2.85. The number of rotatable bonds is 3. The molecule has 1 aromatic carbocycles. The topological polar surface area (TPSA) is 75.7 Å². The quantitative estimate of drug-likeness (QED) is 0.830. The number of nitrogens with zero attached hydrogens (tertiary/aromatic N) is 1. The summed E-state index contributed by atoms with van der Waals surface area (Å²) >= 11 is 0. The Morgan fingerprint density at radius 2 is 2.00 bits per heavy atom. The number of ether oxygens (including phenoxy) is 1. The number of fused-ring (bicyclic) bond motifs is 1. The number of halogens is 3. The van der Waals surface area contributed by atoms with Gasteiger partial charge in [-0.2, -0.15) is 13.2 Å². The Bertz CT molecular complexity index is 778. The van der Waals surface area contributed by atoms with Crippen molar-refractivity contribution in [1.82, 2.24) is 0 Å². The molecule has 0 unspecified atom stereocenters. The van der Waals surface area contributed by atoms with Crippen LogP contribution in [-0.2, 0) is 25.3 Å². The van der Waals surface area contributed by atoms with E-state index in [2.05, 4.69) is 5.32 Å². The van der Waals surface area contributed by atoms with E-state index in [-0.39, 0.29) is 29.8 Å². The van der Waals surface area contributed by atoms with Crippen LogP contribution in [0.2, 0.25) is 0 Å². The summed E-state index contributed by atoms with van der Waals surface area (Å²) in [6, 6.07) is 2.72. The summed E-state index contributed by atoms with van der Waals surface area (Å²) in [7, 11) is 0. The van der Waals surface area contributed by atoms with Gasteiger partial charge in [0.05, 0.1) is 22.9 Å². The first kappa shape index (κ1) is 18.2. The molecule has 0 bridgehead atoms. The van der Waals surface area contributed by atoms with E-state index in [0.717, 1.165) is 23.1 Å². The van der Waals surface area contributed by atoms with Crippen LogP contribution in [-0.4, -0.2) is 30.4 Å². The monoisotopic (exact) mass is 370 g/mol. The van der Waals surface area contributed by atoms with Crippen molar-refractivity contribution in [2.24, 2.45) is 11.8 Å². The van der Waals surface area contributed by atoms with Gasteiger partial charge in [0.2, 0.25) is 5.91 Å². The van der Waals surface area contributed by atoms with E-state index in [9.17, 15) is 27.6 Å². The Hall–Kier alpha value is -2.58. The number of nitrogens with one attached hydrogen (secondary N) is 1. The maximum atomic E-state index is 12.8. The summed E-state index contributed by atoms with van der Waals surface area (Å²) in [4.78, 5) is 37.3. The zero-order chi connectivity index (χ0) is 19.2. The second-order valence-electron chi connectivity index (χ2n) is 6.60. The predicted octanol–water partition coefficient (Wildman–Crippen LogP) is 2.58. The molecule has 9 heteroatoms. The van der Waals surface area contributed by atoms with Gasteiger partial charge in [-0.05, 0) is 37.5 Å². The number of hydrogen-bond donors (Lipinski definition) is 1. The third kappa shape index (κ3) is 3.51. The van der Waals surface area contributed by atoms with Gasteiger partial charge in [0.1, 0.15) is 6.54 Å². The highest BCUT2D eigenvalue weighted by Crippen LogP contribution is 2.39. The van der Waals surface area contributed by atoms with Crippen LogP contribution in [0.3, 0.4) is 0 Å². The minimum Gasteiger partial charge on any atom is -0.452 e. The first-order valence-corrected chi connectivity index (χ1v) is 8.11. The zero-order valence-corrected chi connectivity index (χ0v) is 14.1. The molecule has 2 amide bonds. The van der Waals surface area contributed by atoms with Gasteiger partial charge in [0.25, 0.3) is 5.91 Å². The average molecular weight is 370 g/mol. The second-order valence-corrected chi connectivity index (χ2v) is 6.60. The molecule has 1 aliphatic carbocycles. The van der Waals surface area contributed by atoms with Crippen molar-refractivity contribution in [3.63, 3.8) is 0 Å². The molecule has 3 atom stereocenters. The summed E-state index contributed by atoms with van der Waals surface area (Å²) in [5.74, 6) is -1.78. The summed E-state index contributed by atoms with van der Waals surface area (Å²) < 4.78 is 43.7. The number of anilines is 2. The largest absolute Gasteiger partial charge is 0.452 e. The van der Waals surface area contributed by atoms with E-state index in [4.69, 9.17) is 4.74 Å². The van der Waals surface area contributed by atoms with Crippen molar-refractivity contribution in [3.8, 4) is 0 Å². The molecule has 0 aromatic heterocycles. The van der Waals surface area contributed by atoms with Crippen molar-refractivity contribution >= 4 is 29.2 Å². The Labute approximate surface area is 147 Å². The SMILES string of the molecule is C[C@H](OC(=O)[C@H]1C[C@H]1C)C(=O)N1CC(=O)Nc2cc(C(F)(F)F)ccc21. The smallest absolute Gasteiger partial charge is 0.416 e. The van der Waals surface area contributed by atoms with Gasteiger partial charge in [-0.15, -0.1) is 0 Å². The lowest BCUT2D eigenvalue weighted by Crippen LogP contribution is -2.47. The fourth-order valence-electron chi connectivity index (χ4n) is 2.85. The van der Waals surface area contributed by atoms with E-state index in [1.807, 2.05) is 6.92 Å². The zero-order valence-electron chi connectivity index (χ0n) is 14.1. The van der Waals surface area contributed by atoms with Crippen molar-refractivity contribution < 1.29 is 32.3 Å². The Balaban J connectivity index is 1.81. The maximum absolute atomic E-state index is 12.8. The van der Waals surface area contributed by atoms with Gasteiger partial charge in [-0.1, -0.05) is 6.92 Å². The molecular weight excluding hydrogens is 353 g/mol. The lowest BCUT2D eigenvalue weighted by molar-refractivity contribution is -0.155. The number of amides is 2. The highest BCUT2D eigenvalue weighted by Gasteiger charge is 2.42. The van der Waals surface area contributed by atoms with Crippen molar-refractivity contribution in [3.05, 3.63) is 23.8 Å². The molecular formula is C17H17F3N2O4. The number of carbonyl (C=O) groups excluding carboxylic acids is 3. The highest BCUT2D eigenvalue weighted by atomic mass is 19.4. The molecule has 1 aliphatic heterocycles. The van der Waals surface area contributed by atoms with Crippen LogP contribution in [0.4, 0.5) is 24.5 Å². The number of esters is 1. The third-order valence-corrected chi connectivity index (χ3v) is 4.51. The van der Waals surface area contributed by atoms with Crippen molar-refractivity contribution in [2.45, 2.75) is 32.5 Å². The molecule has 140 valence electrons. The minimum absolute atomic E-state index is 0.112. The lowest BCUT2D eigenvalue weighted by atomic mass is 10.1. The molecule has 2 aliphatic rings. The van der Waals surface area contributed by atoms with Crippen LogP contribution < -0.4 is 10.2 Å². The number of alkyl halides is 3. The molecule has 3 rings (SSSR count). The Kier molecular flexibility index (Phi) is 4.41. The van der Waals surface area contributed by atoms with Crippen LogP contribution in [0, 0.1) is 11.8 Å². The van der Waals surface area contributed by atoms with Gasteiger partial charge in [-0.25, -0.2) is 0 Å². The normalized spacial score (nSPS) is 23.0. The first-order valence-electron chi connectivity index (χ1n) is 8.11. The first-order chi connectivity index (χ1) is 12.1. The Morgan fingerprint density at radius 1 is 1.35 bits per heavy atom. The molecule has 1 aromatic rings. The molecule has 1 saturated carbocycles. The van der Waals surface area contributed by atoms with Crippen LogP contribution in [0.15, 0.2) is 18.2 Å². The summed E-state index contributed by atoms with van der Waals surface area (Å²) in [6.07, 6.45) is -5.01. The van der Waals surface area contributed by atoms with Crippen LogP contribution in [0.1, 0.15) is 25.8 Å². The summed E-state index contributed by atoms with van der Waals surface area (Å²) in [6.45, 7) is 2.91. The van der Waals surface area contributed by atoms with Crippen molar-refractivity contribution in [2.75, 3.05) is 16.8 Å². The number of hydrogen-bond acceptors (Lipinski definition) is 4. The molecule has 6 nitrogen and oxygen atoms in total. The van der Waals surface area contributed by atoms with E-state index < -0.39 is 35.6 Å². The lowest BCUT2D eigenvalue weighted by Gasteiger charge is -2.31. The number of carbonyl (C=O) groups is 3. The van der Waals surface area contributed by atoms with Gasteiger partial charge < -0.3 is 10.1 Å². The molecule has 1 heterocycles. The fraction of sp³-hybridized carbons (Fsp3) is 0.471. The van der Waals surface area contributed by atoms with E-state index in [1.165, 1.54) is 6.92 Å². The highest BCUT2D eigenvalue weighted by molar-refractivity contribution is 6.11. The number of benzene rings is 1. The molecule has 1 N–H and O–H groups in total. The van der Waals surface area contributed by atoms with Crippen LogP contribution in [0.5, 0.6) is 0 Å². The summed E-state index contributed by atoms with van der Waals surface area (Å²) in [5, 5.41) is 2.33. The van der Waals surface area contributed by atoms with Gasteiger partial charge in [-0.3, -0.25) is 19.3 Å².